The van der Waals surface area contributed by atoms with Crippen molar-refractivity contribution in [2.45, 2.75) is 137 Å². The molecule has 0 aromatic rings. The highest BCUT2D eigenvalue weighted by Crippen LogP contribution is 2.37. The third kappa shape index (κ3) is 7.08. The van der Waals surface area contributed by atoms with Crippen molar-refractivity contribution in [2.75, 3.05) is 20.3 Å². The van der Waals surface area contributed by atoms with Crippen LogP contribution in [-0.2, 0) is 37.9 Å². The first kappa shape index (κ1) is 36.1. The predicted molar refractivity (Wildman–Crippen MR) is 139 cm³/mol. The molecule has 0 aliphatic carbocycles. The zero-order valence-corrected chi connectivity index (χ0v) is 24.7. The Morgan fingerprint density at radius 3 is 1.39 bits per heavy atom. The van der Waals surface area contributed by atoms with Crippen LogP contribution < -0.4 is 0 Å². The summed E-state index contributed by atoms with van der Waals surface area (Å²) in [5.41, 5.74) is 0. The van der Waals surface area contributed by atoms with Gasteiger partial charge in [-0.05, 0) is 13.8 Å². The van der Waals surface area contributed by atoms with Gasteiger partial charge in [0.05, 0.1) is 31.5 Å². The van der Waals surface area contributed by atoms with E-state index in [-0.39, 0.29) is 0 Å². The summed E-state index contributed by atoms with van der Waals surface area (Å²) in [6.45, 7) is 3.10. The Balaban J connectivity index is 1.64. The molecule has 0 saturated carbocycles. The Morgan fingerprint density at radius 2 is 0.909 bits per heavy atom. The lowest BCUT2D eigenvalue weighted by Gasteiger charge is -2.50. The van der Waals surface area contributed by atoms with Crippen LogP contribution >= 0.6 is 0 Å². The largest absolute Gasteiger partial charge is 0.394 e. The van der Waals surface area contributed by atoms with E-state index in [9.17, 15) is 51.1 Å². The summed E-state index contributed by atoms with van der Waals surface area (Å²) in [4.78, 5) is 0. The minimum Gasteiger partial charge on any atom is -0.394 e. The second-order valence-corrected chi connectivity index (χ2v) is 11.7. The maximum atomic E-state index is 11.0. The lowest BCUT2D eigenvalue weighted by atomic mass is 9.91. The van der Waals surface area contributed by atoms with Crippen molar-refractivity contribution in [3.05, 3.63) is 0 Å². The normalized spacial score (nSPS) is 53.9. The van der Waals surface area contributed by atoms with E-state index in [4.69, 9.17) is 37.9 Å². The van der Waals surface area contributed by atoms with E-state index in [0.29, 0.717) is 0 Å². The van der Waals surface area contributed by atoms with Crippen LogP contribution in [0.2, 0.25) is 0 Å². The van der Waals surface area contributed by atoms with Crippen molar-refractivity contribution in [1.29, 1.82) is 0 Å². The van der Waals surface area contributed by atoms with Crippen LogP contribution in [0.4, 0.5) is 0 Å². The van der Waals surface area contributed by atoms with E-state index in [0.717, 1.165) is 0 Å². The lowest BCUT2D eigenvalue weighted by Crippen LogP contribution is -2.66. The first-order valence-electron chi connectivity index (χ1n) is 14.5. The third-order valence-corrected chi connectivity index (χ3v) is 8.67. The molecule has 4 aliphatic heterocycles. The van der Waals surface area contributed by atoms with Gasteiger partial charge in [-0.1, -0.05) is 6.92 Å². The van der Waals surface area contributed by atoms with Crippen LogP contribution in [0.5, 0.6) is 0 Å². The van der Waals surface area contributed by atoms with Crippen LogP contribution in [0, 0.1) is 5.92 Å². The van der Waals surface area contributed by atoms with Crippen molar-refractivity contribution in [3.63, 3.8) is 0 Å². The average molecular weight is 647 g/mol. The van der Waals surface area contributed by atoms with E-state index < -0.39 is 136 Å². The number of methoxy groups -OCH3 is 1. The molecule has 18 heteroatoms. The van der Waals surface area contributed by atoms with Crippen LogP contribution in [0.3, 0.4) is 0 Å². The number of aliphatic hydroxyl groups excluding tert-OH is 10. The Hall–Kier alpha value is -0.720. The molecule has 4 heterocycles. The average Bonchev–Trinajstić information content (AvgIpc) is 3.01. The second kappa shape index (κ2) is 15.0. The summed E-state index contributed by atoms with van der Waals surface area (Å²) >= 11 is 0. The molecule has 0 bridgehead atoms. The Morgan fingerprint density at radius 1 is 0.455 bits per heavy atom. The number of ether oxygens (including phenoxy) is 8. The molecule has 0 radical (unpaired) electrons. The quantitative estimate of drug-likeness (QED) is 0.112. The Labute approximate surface area is 253 Å². The molecule has 258 valence electrons. The summed E-state index contributed by atoms with van der Waals surface area (Å²) in [7, 11) is 1.34. The molecule has 18 nitrogen and oxygen atoms in total. The van der Waals surface area contributed by atoms with Crippen molar-refractivity contribution < 1.29 is 89.0 Å². The lowest BCUT2D eigenvalue weighted by molar-refractivity contribution is -0.395. The predicted octanol–water partition coefficient (Wildman–Crippen LogP) is -5.76. The number of hydrogen-bond acceptors (Lipinski definition) is 18. The molecule has 4 fully saturated rings. The fourth-order valence-electron chi connectivity index (χ4n) is 5.85. The van der Waals surface area contributed by atoms with Crippen LogP contribution in [0.1, 0.15) is 20.8 Å². The summed E-state index contributed by atoms with van der Waals surface area (Å²) in [5, 5.41) is 103. The summed E-state index contributed by atoms with van der Waals surface area (Å²) in [6.07, 6.45) is -27.6. The van der Waals surface area contributed by atoms with Gasteiger partial charge in [0, 0.05) is 13.0 Å². The van der Waals surface area contributed by atoms with E-state index in [1.54, 1.807) is 6.92 Å². The molecule has 0 aromatic heterocycles. The van der Waals surface area contributed by atoms with Gasteiger partial charge < -0.3 is 89.0 Å². The molecule has 0 amide bonds. The van der Waals surface area contributed by atoms with Crippen molar-refractivity contribution in [3.8, 4) is 0 Å². The van der Waals surface area contributed by atoms with Crippen molar-refractivity contribution in [2.24, 2.45) is 5.92 Å². The van der Waals surface area contributed by atoms with Gasteiger partial charge in [0.2, 0.25) is 0 Å². The first-order chi connectivity index (χ1) is 20.7. The first-order valence-corrected chi connectivity index (χ1v) is 14.5. The van der Waals surface area contributed by atoms with E-state index in [2.05, 4.69) is 0 Å². The van der Waals surface area contributed by atoms with Crippen molar-refractivity contribution >= 4 is 0 Å². The van der Waals surface area contributed by atoms with Gasteiger partial charge in [0.25, 0.3) is 0 Å². The fraction of sp³-hybridized carbons (Fsp3) is 1.00. The maximum absolute atomic E-state index is 11.0. The Bertz CT molecular complexity index is 901. The van der Waals surface area contributed by atoms with Gasteiger partial charge in [0.15, 0.2) is 25.2 Å². The van der Waals surface area contributed by atoms with Crippen LogP contribution in [-0.4, -0.2) is 188 Å². The molecule has 0 spiro atoms. The monoisotopic (exact) mass is 646 g/mol. The summed E-state index contributed by atoms with van der Waals surface area (Å²) in [5.74, 6) is -0.740. The summed E-state index contributed by atoms with van der Waals surface area (Å²) < 4.78 is 46.1. The topological polar surface area (TPSA) is 276 Å². The highest BCUT2D eigenvalue weighted by Gasteiger charge is 2.55. The number of hydrogen-bond donors (Lipinski definition) is 10. The van der Waals surface area contributed by atoms with Gasteiger partial charge in [-0.25, -0.2) is 0 Å². The number of rotatable bonds is 9. The van der Waals surface area contributed by atoms with Gasteiger partial charge in [0.1, 0.15) is 73.2 Å². The highest BCUT2D eigenvalue weighted by atomic mass is 16.8. The zero-order valence-electron chi connectivity index (χ0n) is 24.7. The molecule has 4 rings (SSSR count). The highest BCUT2D eigenvalue weighted by molar-refractivity contribution is 4.97. The SMILES string of the molecule is COC1OC(CO)[C@@H](O[C@@H]2OC(C)[C@@H](O)[C@H](O)C2O)[C@H](O[C@@H]2OC(CO)[C@H](O)[C@H](O)C2O[C@@H]2OC(C)[C@@H](O)[C@H](O)C2O)C1C. The second-order valence-electron chi connectivity index (χ2n) is 11.7. The molecular formula is C26H46O18. The zero-order chi connectivity index (χ0) is 32.6. The minimum atomic E-state index is -1.80. The molecule has 4 saturated heterocycles. The molecule has 0 aromatic carbocycles. The smallest absolute Gasteiger partial charge is 0.187 e. The molecule has 9 unspecified atom stereocenters. The van der Waals surface area contributed by atoms with E-state index in [1.165, 1.54) is 21.0 Å². The van der Waals surface area contributed by atoms with Gasteiger partial charge in [-0.15, -0.1) is 0 Å². The fourth-order valence-corrected chi connectivity index (χ4v) is 5.85. The standard InChI is InChI=1S/C26H46O18/c1-7-20(21(11(6-28)41-23(7)37-4)43-24-18(35)15(32)12(29)8(2)38-24)42-26-22(17(34)14(31)10(5-27)40-26)44-25-19(36)16(33)13(30)9(3)39-25/h7-36H,5-6H2,1-4H3/t7?,8?,9?,10?,11?,12-,13-,14+,15+,16+,17+,18?,19?,20-,21-,22?,23?,24+,25+,26+/m1/s1. The van der Waals surface area contributed by atoms with Gasteiger partial charge in [-0.2, -0.15) is 0 Å². The molecule has 10 N–H and O–H groups in total. The Kier molecular flexibility index (Phi) is 12.3. The molecule has 20 atom stereocenters. The van der Waals surface area contributed by atoms with Crippen molar-refractivity contribution in [1.82, 2.24) is 0 Å². The molecular weight excluding hydrogens is 600 g/mol. The third-order valence-electron chi connectivity index (χ3n) is 8.67. The van der Waals surface area contributed by atoms with Gasteiger partial charge >= 0.3 is 0 Å². The number of aliphatic hydroxyl groups is 10. The minimum absolute atomic E-state index is 0.646. The van der Waals surface area contributed by atoms with E-state index >= 15 is 0 Å². The van der Waals surface area contributed by atoms with Gasteiger partial charge in [-0.3, -0.25) is 0 Å². The summed E-state index contributed by atoms with van der Waals surface area (Å²) in [6, 6.07) is 0. The maximum Gasteiger partial charge on any atom is 0.187 e. The molecule has 44 heavy (non-hydrogen) atoms. The molecule has 4 aliphatic rings. The van der Waals surface area contributed by atoms with Crippen LogP contribution in [0.25, 0.3) is 0 Å². The van der Waals surface area contributed by atoms with E-state index in [1.807, 2.05) is 0 Å². The van der Waals surface area contributed by atoms with Crippen LogP contribution in [0.15, 0.2) is 0 Å².